The summed E-state index contributed by atoms with van der Waals surface area (Å²) in [6, 6.07) is 0. The maximum Gasteiger partial charge on any atom is 0.408 e. The fourth-order valence-electron chi connectivity index (χ4n) is 0.493. The molecule has 0 aromatic rings. The Morgan fingerprint density at radius 2 is 1.92 bits per heavy atom. The first kappa shape index (κ1) is 14.1. The molecule has 5 heteroatoms. The summed E-state index contributed by atoms with van der Waals surface area (Å²) in [5, 5.41) is 2.42. The van der Waals surface area contributed by atoms with Crippen molar-refractivity contribution < 1.29 is 9.53 Å². The van der Waals surface area contributed by atoms with Gasteiger partial charge in [-0.25, -0.2) is 4.79 Å². The van der Waals surface area contributed by atoms with Crippen LogP contribution in [0.25, 0.3) is 0 Å². The van der Waals surface area contributed by atoms with Crippen LogP contribution >= 0.6 is 12.4 Å². The Bertz CT molecular complexity index is 143. The molecule has 1 amide bonds. The molecule has 0 heterocycles. The van der Waals surface area contributed by atoms with Crippen molar-refractivity contribution in [3.63, 3.8) is 0 Å². The Hall–Kier alpha value is -0.480. The van der Waals surface area contributed by atoms with E-state index < -0.39 is 11.7 Å². The van der Waals surface area contributed by atoms with Crippen LogP contribution in [0.15, 0.2) is 0 Å². The number of hydrogen-bond donors (Lipinski definition) is 2. The molecule has 4 nitrogen and oxygen atoms in total. The minimum Gasteiger partial charge on any atom is -0.444 e. The molecule has 0 saturated heterocycles. The van der Waals surface area contributed by atoms with E-state index in [9.17, 15) is 4.79 Å². The average Bonchev–Trinajstić information content (AvgIpc) is 1.53. The van der Waals surface area contributed by atoms with Gasteiger partial charge in [0.1, 0.15) is 5.60 Å². The summed E-state index contributed by atoms with van der Waals surface area (Å²) in [4.78, 5) is 10.9. The minimum absolute atomic E-state index is 0. The first-order valence-electron chi connectivity index (χ1n) is 3.56. The highest BCUT2D eigenvalue weighted by atomic mass is 35.5. The molecule has 0 bridgehead atoms. The minimum atomic E-state index is -0.479. The number of halogens is 1. The van der Waals surface area contributed by atoms with Crippen LogP contribution in [0.5, 0.6) is 0 Å². The summed E-state index contributed by atoms with van der Waals surface area (Å²) in [6.07, 6.45) is -0.850. The van der Waals surface area contributed by atoms with E-state index in [0.29, 0.717) is 0 Å². The van der Waals surface area contributed by atoms with E-state index in [-0.39, 0.29) is 18.6 Å². The second-order valence-electron chi connectivity index (χ2n) is 3.43. The maximum absolute atomic E-state index is 10.9. The van der Waals surface area contributed by atoms with Crippen LogP contribution in [0, 0.1) is 0 Å². The molecule has 12 heavy (non-hydrogen) atoms. The van der Waals surface area contributed by atoms with Crippen LogP contribution < -0.4 is 11.1 Å². The van der Waals surface area contributed by atoms with Crippen LogP contribution in [0.1, 0.15) is 27.7 Å². The van der Waals surface area contributed by atoms with Gasteiger partial charge in [0.25, 0.3) is 0 Å². The molecular formula is C7H17ClN2O2. The molecule has 0 aromatic heterocycles. The van der Waals surface area contributed by atoms with E-state index in [2.05, 4.69) is 5.32 Å². The molecule has 0 aliphatic carbocycles. The van der Waals surface area contributed by atoms with Gasteiger partial charge in [-0.1, -0.05) is 0 Å². The van der Waals surface area contributed by atoms with Gasteiger partial charge in [-0.2, -0.15) is 0 Å². The lowest BCUT2D eigenvalue weighted by molar-refractivity contribution is 0.0510. The van der Waals surface area contributed by atoms with E-state index in [0.717, 1.165) is 0 Å². The standard InChI is InChI=1S/C7H16N2O2.ClH/c1-5(8)9-6(10)11-7(2,3)4;/h5H,8H2,1-4H3,(H,9,10);1H. The number of rotatable bonds is 1. The zero-order valence-electron chi connectivity index (χ0n) is 7.88. The second kappa shape index (κ2) is 5.22. The number of ether oxygens (including phenoxy) is 1. The number of alkyl carbamates (subject to hydrolysis) is 1. The van der Waals surface area contributed by atoms with Crippen molar-refractivity contribution in [3.8, 4) is 0 Å². The highest BCUT2D eigenvalue weighted by Crippen LogP contribution is 2.06. The van der Waals surface area contributed by atoms with Crippen LogP contribution in [-0.2, 0) is 4.74 Å². The number of nitrogens with two attached hydrogens (primary N) is 1. The summed E-state index contributed by atoms with van der Waals surface area (Å²) in [7, 11) is 0. The third-order valence-electron chi connectivity index (χ3n) is 0.744. The molecule has 74 valence electrons. The summed E-state index contributed by atoms with van der Waals surface area (Å²) >= 11 is 0. The van der Waals surface area contributed by atoms with E-state index in [4.69, 9.17) is 10.5 Å². The molecule has 0 aliphatic rings. The van der Waals surface area contributed by atoms with Crippen molar-refractivity contribution in [2.24, 2.45) is 5.73 Å². The molecule has 0 fully saturated rings. The third-order valence-corrected chi connectivity index (χ3v) is 0.744. The highest BCUT2D eigenvalue weighted by Gasteiger charge is 2.16. The van der Waals surface area contributed by atoms with Crippen LogP contribution in [-0.4, -0.2) is 17.9 Å². The van der Waals surface area contributed by atoms with Crippen LogP contribution in [0.4, 0.5) is 4.79 Å². The van der Waals surface area contributed by atoms with Gasteiger partial charge in [-0.15, -0.1) is 12.4 Å². The summed E-state index contributed by atoms with van der Waals surface area (Å²) in [6.45, 7) is 7.07. The topological polar surface area (TPSA) is 64.3 Å². The molecule has 0 saturated carbocycles. The van der Waals surface area contributed by atoms with E-state index in [1.807, 2.05) is 0 Å². The smallest absolute Gasteiger partial charge is 0.408 e. The molecule has 1 atom stereocenters. The number of carbonyl (C=O) groups excluding carboxylic acids is 1. The SMILES string of the molecule is CC(N)NC(=O)OC(C)(C)C.Cl. The Labute approximate surface area is 79.2 Å². The molecule has 0 aromatic carbocycles. The molecule has 3 N–H and O–H groups in total. The summed E-state index contributed by atoms with van der Waals surface area (Å²) in [5.41, 5.74) is 4.84. The fourth-order valence-corrected chi connectivity index (χ4v) is 0.493. The van der Waals surface area contributed by atoms with E-state index >= 15 is 0 Å². The number of hydrogen-bond acceptors (Lipinski definition) is 3. The lowest BCUT2D eigenvalue weighted by Crippen LogP contribution is -2.42. The van der Waals surface area contributed by atoms with Gasteiger partial charge in [0.15, 0.2) is 0 Å². The molecule has 0 spiro atoms. The third kappa shape index (κ3) is 9.52. The predicted octanol–water partition coefficient (Wildman–Crippen LogP) is 1.24. The van der Waals surface area contributed by atoms with E-state index in [1.165, 1.54) is 0 Å². The molecule has 0 rings (SSSR count). The van der Waals surface area contributed by atoms with Crippen LogP contribution in [0.2, 0.25) is 0 Å². The average molecular weight is 197 g/mol. The molecule has 0 radical (unpaired) electrons. The maximum atomic E-state index is 10.9. The number of nitrogens with one attached hydrogen (secondary N) is 1. The first-order valence-corrected chi connectivity index (χ1v) is 3.56. The monoisotopic (exact) mass is 196 g/mol. The van der Waals surface area contributed by atoms with Crippen molar-refractivity contribution >= 4 is 18.5 Å². The lowest BCUT2D eigenvalue weighted by Gasteiger charge is -2.20. The quantitative estimate of drug-likeness (QED) is 0.621. The summed E-state index contributed by atoms with van der Waals surface area (Å²) < 4.78 is 4.92. The normalized spacial score (nSPS) is 12.8. The van der Waals surface area contributed by atoms with Gasteiger partial charge in [0, 0.05) is 0 Å². The number of amides is 1. The van der Waals surface area contributed by atoms with Crippen molar-refractivity contribution in [1.82, 2.24) is 5.32 Å². The predicted molar refractivity (Wildman–Crippen MR) is 50.3 cm³/mol. The van der Waals surface area contributed by atoms with Gasteiger partial charge < -0.3 is 15.8 Å². The van der Waals surface area contributed by atoms with Crippen molar-refractivity contribution in [2.45, 2.75) is 39.5 Å². The zero-order valence-corrected chi connectivity index (χ0v) is 8.70. The van der Waals surface area contributed by atoms with Crippen molar-refractivity contribution in [3.05, 3.63) is 0 Å². The van der Waals surface area contributed by atoms with E-state index in [1.54, 1.807) is 27.7 Å². The largest absolute Gasteiger partial charge is 0.444 e. The summed E-state index contributed by atoms with van der Waals surface area (Å²) in [5.74, 6) is 0. The van der Waals surface area contributed by atoms with Gasteiger partial charge >= 0.3 is 6.09 Å². The first-order chi connectivity index (χ1) is 4.81. The van der Waals surface area contributed by atoms with Crippen molar-refractivity contribution in [2.75, 3.05) is 0 Å². The van der Waals surface area contributed by atoms with Crippen LogP contribution in [0.3, 0.4) is 0 Å². The Morgan fingerprint density at radius 3 is 2.17 bits per heavy atom. The van der Waals surface area contributed by atoms with Gasteiger partial charge in [0.2, 0.25) is 0 Å². The Morgan fingerprint density at radius 1 is 1.50 bits per heavy atom. The molecule has 1 unspecified atom stereocenters. The number of carbonyl (C=O) groups is 1. The van der Waals surface area contributed by atoms with Crippen molar-refractivity contribution in [1.29, 1.82) is 0 Å². The molecular weight excluding hydrogens is 180 g/mol. The Balaban J connectivity index is 0. The Kier molecular flexibility index (Phi) is 6.11. The van der Waals surface area contributed by atoms with Gasteiger partial charge in [0.05, 0.1) is 6.17 Å². The van der Waals surface area contributed by atoms with Gasteiger partial charge in [-0.3, -0.25) is 0 Å². The van der Waals surface area contributed by atoms with Gasteiger partial charge in [-0.05, 0) is 27.7 Å². The highest BCUT2D eigenvalue weighted by molar-refractivity contribution is 5.85. The lowest BCUT2D eigenvalue weighted by atomic mass is 10.2. The molecule has 0 aliphatic heterocycles. The second-order valence-corrected chi connectivity index (χ2v) is 3.43. The fraction of sp³-hybridized carbons (Fsp3) is 0.857. The zero-order chi connectivity index (χ0) is 9.07.